The smallest absolute Gasteiger partial charge is 0.137 e. The van der Waals surface area contributed by atoms with E-state index < -0.39 is 0 Å². The van der Waals surface area contributed by atoms with Gasteiger partial charge in [-0.3, -0.25) is 9.58 Å². The van der Waals surface area contributed by atoms with Crippen LogP contribution in [0, 0.1) is 13.8 Å². The van der Waals surface area contributed by atoms with Crippen molar-refractivity contribution >= 4 is 0 Å². The van der Waals surface area contributed by atoms with Gasteiger partial charge in [-0.05, 0) is 26.0 Å². The zero-order valence-corrected chi connectivity index (χ0v) is 15.8. The molecule has 3 heterocycles. The van der Waals surface area contributed by atoms with Gasteiger partial charge in [-0.1, -0.05) is 12.1 Å². The highest BCUT2D eigenvalue weighted by atomic mass is 16.5. The Morgan fingerprint density at radius 3 is 2.85 bits per heavy atom. The van der Waals surface area contributed by atoms with E-state index in [2.05, 4.69) is 34.9 Å². The van der Waals surface area contributed by atoms with Gasteiger partial charge in [0.1, 0.15) is 11.6 Å². The molecule has 0 amide bonds. The standard InChI is InChI=1S/C20H25N5O/c1-13-17(14(2)24(3)23-13)11-25-9-8-18-19(12-25)22-20(21-18)15-6-5-7-16(10-15)26-4/h5-7,10H,8-9,11-12H2,1-4H3,(H,21,22). The number of aromatic nitrogens is 4. The topological polar surface area (TPSA) is 59.0 Å². The number of benzene rings is 1. The molecule has 1 N–H and O–H groups in total. The van der Waals surface area contributed by atoms with E-state index >= 15 is 0 Å². The number of H-pyrrole nitrogens is 1. The predicted octanol–water partition coefficient (Wildman–Crippen LogP) is 2.99. The molecule has 0 atom stereocenters. The number of nitrogens with zero attached hydrogens (tertiary/aromatic N) is 4. The maximum atomic E-state index is 5.33. The minimum absolute atomic E-state index is 0.848. The molecule has 0 bridgehead atoms. The summed E-state index contributed by atoms with van der Waals surface area (Å²) in [7, 11) is 3.70. The van der Waals surface area contributed by atoms with Crippen molar-refractivity contribution in [1.82, 2.24) is 24.6 Å². The Labute approximate surface area is 153 Å². The SMILES string of the molecule is COc1cccc(-c2nc3c([nH]2)CN(Cc2c(C)nn(C)c2C)CC3)c1. The molecule has 3 aromatic rings. The quantitative estimate of drug-likeness (QED) is 0.785. The third-order valence-corrected chi connectivity index (χ3v) is 5.29. The Morgan fingerprint density at radius 2 is 2.12 bits per heavy atom. The van der Waals surface area contributed by atoms with Crippen molar-refractivity contribution in [2.75, 3.05) is 13.7 Å². The van der Waals surface area contributed by atoms with Crippen LogP contribution < -0.4 is 4.74 Å². The number of aryl methyl sites for hydroxylation is 2. The molecule has 0 radical (unpaired) electrons. The zero-order valence-electron chi connectivity index (χ0n) is 15.8. The monoisotopic (exact) mass is 351 g/mol. The Balaban J connectivity index is 1.55. The van der Waals surface area contributed by atoms with Crippen LogP contribution in [-0.4, -0.2) is 38.3 Å². The van der Waals surface area contributed by atoms with Crippen molar-refractivity contribution in [2.45, 2.75) is 33.4 Å². The lowest BCUT2D eigenvalue weighted by Gasteiger charge is -2.26. The molecule has 26 heavy (non-hydrogen) atoms. The highest BCUT2D eigenvalue weighted by Crippen LogP contribution is 2.26. The van der Waals surface area contributed by atoms with Crippen molar-refractivity contribution in [2.24, 2.45) is 7.05 Å². The molecule has 0 spiro atoms. The molecule has 1 aliphatic heterocycles. The first-order chi connectivity index (χ1) is 12.5. The third-order valence-electron chi connectivity index (χ3n) is 5.29. The molecular weight excluding hydrogens is 326 g/mol. The number of imidazole rings is 1. The van der Waals surface area contributed by atoms with Gasteiger partial charge < -0.3 is 9.72 Å². The molecule has 6 nitrogen and oxygen atoms in total. The van der Waals surface area contributed by atoms with Gasteiger partial charge >= 0.3 is 0 Å². The molecule has 6 heteroatoms. The van der Waals surface area contributed by atoms with Crippen molar-refractivity contribution in [3.63, 3.8) is 0 Å². The van der Waals surface area contributed by atoms with Crippen LogP contribution in [0.15, 0.2) is 24.3 Å². The van der Waals surface area contributed by atoms with Gasteiger partial charge in [0.2, 0.25) is 0 Å². The summed E-state index contributed by atoms with van der Waals surface area (Å²) in [6.45, 7) is 7.07. The largest absolute Gasteiger partial charge is 0.497 e. The maximum absolute atomic E-state index is 5.33. The van der Waals surface area contributed by atoms with E-state index in [9.17, 15) is 0 Å². The number of ether oxygens (including phenoxy) is 1. The lowest BCUT2D eigenvalue weighted by molar-refractivity contribution is 0.240. The number of aromatic amines is 1. The second-order valence-electron chi connectivity index (χ2n) is 6.98. The van der Waals surface area contributed by atoms with Crippen molar-refractivity contribution < 1.29 is 4.74 Å². The first-order valence-electron chi connectivity index (χ1n) is 8.98. The summed E-state index contributed by atoms with van der Waals surface area (Å²) in [4.78, 5) is 10.8. The number of methoxy groups -OCH3 is 1. The summed E-state index contributed by atoms with van der Waals surface area (Å²) in [5, 5.41) is 4.54. The van der Waals surface area contributed by atoms with Crippen LogP contribution in [-0.2, 0) is 26.6 Å². The Kier molecular flexibility index (Phi) is 4.28. The summed E-state index contributed by atoms with van der Waals surface area (Å²) in [5.74, 6) is 1.77. The second kappa shape index (κ2) is 6.61. The summed E-state index contributed by atoms with van der Waals surface area (Å²) < 4.78 is 7.30. The molecule has 136 valence electrons. The van der Waals surface area contributed by atoms with E-state index in [1.165, 1.54) is 22.6 Å². The lowest BCUT2D eigenvalue weighted by Crippen LogP contribution is -2.30. The van der Waals surface area contributed by atoms with Crippen LogP contribution in [0.3, 0.4) is 0 Å². The number of hydrogen-bond acceptors (Lipinski definition) is 4. The van der Waals surface area contributed by atoms with Crippen LogP contribution in [0.4, 0.5) is 0 Å². The van der Waals surface area contributed by atoms with Gasteiger partial charge in [-0.25, -0.2) is 4.98 Å². The highest BCUT2D eigenvalue weighted by Gasteiger charge is 2.22. The van der Waals surface area contributed by atoms with E-state index in [4.69, 9.17) is 9.72 Å². The molecule has 4 rings (SSSR count). The third kappa shape index (κ3) is 3.01. The summed E-state index contributed by atoms with van der Waals surface area (Å²) in [5.41, 5.74) is 7.16. The normalized spacial score (nSPS) is 14.5. The Morgan fingerprint density at radius 1 is 1.27 bits per heavy atom. The fraction of sp³-hybridized carbons (Fsp3) is 0.400. The first-order valence-corrected chi connectivity index (χ1v) is 8.98. The molecule has 2 aromatic heterocycles. The molecule has 0 saturated carbocycles. The van der Waals surface area contributed by atoms with E-state index in [0.717, 1.165) is 48.9 Å². The van der Waals surface area contributed by atoms with Crippen LogP contribution in [0.2, 0.25) is 0 Å². The van der Waals surface area contributed by atoms with E-state index in [1.54, 1.807) is 7.11 Å². The zero-order chi connectivity index (χ0) is 18.3. The minimum atomic E-state index is 0.848. The Bertz CT molecular complexity index is 940. The van der Waals surface area contributed by atoms with Crippen LogP contribution in [0.25, 0.3) is 11.4 Å². The average molecular weight is 351 g/mol. The number of rotatable bonds is 4. The van der Waals surface area contributed by atoms with Crippen molar-refractivity contribution in [1.29, 1.82) is 0 Å². The first kappa shape index (κ1) is 16.8. The Hall–Kier alpha value is -2.60. The van der Waals surface area contributed by atoms with E-state index in [-0.39, 0.29) is 0 Å². The fourth-order valence-electron chi connectivity index (χ4n) is 3.66. The molecular formula is C20H25N5O. The van der Waals surface area contributed by atoms with Crippen LogP contribution in [0.5, 0.6) is 5.75 Å². The van der Waals surface area contributed by atoms with Crippen molar-refractivity contribution in [3.8, 4) is 17.1 Å². The molecule has 0 aliphatic carbocycles. The fourth-order valence-corrected chi connectivity index (χ4v) is 3.66. The van der Waals surface area contributed by atoms with Crippen LogP contribution in [0.1, 0.15) is 28.3 Å². The summed E-state index contributed by atoms with van der Waals surface area (Å²) in [6.07, 6.45) is 0.966. The van der Waals surface area contributed by atoms with Gasteiger partial charge in [-0.2, -0.15) is 5.10 Å². The van der Waals surface area contributed by atoms with Gasteiger partial charge in [0, 0.05) is 49.9 Å². The van der Waals surface area contributed by atoms with E-state index in [1.807, 2.05) is 29.9 Å². The lowest BCUT2D eigenvalue weighted by atomic mass is 10.1. The van der Waals surface area contributed by atoms with Gasteiger partial charge in [0.05, 0.1) is 24.2 Å². The van der Waals surface area contributed by atoms with Crippen molar-refractivity contribution in [3.05, 3.63) is 52.6 Å². The van der Waals surface area contributed by atoms with Gasteiger partial charge in [-0.15, -0.1) is 0 Å². The van der Waals surface area contributed by atoms with Gasteiger partial charge in [0.15, 0.2) is 0 Å². The maximum Gasteiger partial charge on any atom is 0.137 e. The second-order valence-corrected chi connectivity index (χ2v) is 6.98. The molecule has 0 unspecified atom stereocenters. The molecule has 1 aliphatic rings. The average Bonchev–Trinajstić information content (AvgIpc) is 3.18. The number of hydrogen-bond donors (Lipinski definition) is 1. The summed E-state index contributed by atoms with van der Waals surface area (Å²) >= 11 is 0. The molecule has 0 saturated heterocycles. The summed E-state index contributed by atoms with van der Waals surface area (Å²) in [6, 6.07) is 8.03. The highest BCUT2D eigenvalue weighted by molar-refractivity contribution is 5.58. The molecule has 1 aromatic carbocycles. The van der Waals surface area contributed by atoms with Gasteiger partial charge in [0.25, 0.3) is 0 Å². The number of nitrogens with one attached hydrogen (secondary N) is 1. The predicted molar refractivity (Wildman–Crippen MR) is 101 cm³/mol. The number of fused-ring (bicyclic) bond motifs is 1. The minimum Gasteiger partial charge on any atom is -0.497 e. The molecule has 0 fully saturated rings. The van der Waals surface area contributed by atoms with Crippen LogP contribution >= 0.6 is 0 Å². The van der Waals surface area contributed by atoms with E-state index in [0.29, 0.717) is 0 Å².